The number of aliphatic carboxylic acids is 1. The van der Waals surface area contributed by atoms with Crippen LogP contribution in [-0.4, -0.2) is 27.2 Å². The molecule has 3 N–H and O–H groups in total. The second-order valence-electron chi connectivity index (χ2n) is 4.59. The first kappa shape index (κ1) is 11.6. The van der Waals surface area contributed by atoms with Gasteiger partial charge in [-0.2, -0.15) is 5.10 Å². The molecule has 2 rings (SSSR count). The van der Waals surface area contributed by atoms with Gasteiger partial charge < -0.3 is 10.4 Å². The molecule has 3 atom stereocenters. The molecule has 1 aliphatic carbocycles. The number of carbonyl (C=O) groups is 2. The summed E-state index contributed by atoms with van der Waals surface area (Å²) in [6, 6.07) is 1.63. The Hall–Kier alpha value is -1.85. The average Bonchev–Trinajstić information content (AvgIpc) is 2.86. The molecular formula is C11H15N3O3. The third-order valence-corrected chi connectivity index (χ3v) is 3.21. The number of carboxylic acid groups (broad SMARTS) is 1. The molecule has 0 aliphatic heterocycles. The number of hydrogen-bond donors (Lipinski definition) is 3. The smallest absolute Gasteiger partial charge is 0.307 e. The maximum absolute atomic E-state index is 12.0. The highest BCUT2D eigenvalue weighted by Crippen LogP contribution is 2.36. The summed E-state index contributed by atoms with van der Waals surface area (Å²) in [4.78, 5) is 23.0. The van der Waals surface area contributed by atoms with Gasteiger partial charge in [0.1, 0.15) is 5.82 Å². The second-order valence-corrected chi connectivity index (χ2v) is 4.59. The van der Waals surface area contributed by atoms with E-state index >= 15 is 0 Å². The molecule has 1 amide bonds. The molecule has 17 heavy (non-hydrogen) atoms. The minimum Gasteiger partial charge on any atom is -0.481 e. The Morgan fingerprint density at radius 1 is 1.47 bits per heavy atom. The monoisotopic (exact) mass is 237 g/mol. The molecule has 1 aromatic heterocycles. The summed E-state index contributed by atoms with van der Waals surface area (Å²) in [6.07, 6.45) is 2.72. The van der Waals surface area contributed by atoms with Gasteiger partial charge in [-0.25, -0.2) is 0 Å². The number of hydrogen-bond acceptors (Lipinski definition) is 3. The zero-order valence-corrected chi connectivity index (χ0v) is 9.51. The molecule has 1 aromatic rings. The van der Waals surface area contributed by atoms with E-state index in [1.807, 2.05) is 6.92 Å². The molecule has 92 valence electrons. The van der Waals surface area contributed by atoms with Crippen LogP contribution in [0.15, 0.2) is 12.3 Å². The molecule has 1 saturated carbocycles. The van der Waals surface area contributed by atoms with Crippen LogP contribution in [0.25, 0.3) is 0 Å². The quantitative estimate of drug-likeness (QED) is 0.733. The van der Waals surface area contributed by atoms with Crippen molar-refractivity contribution in [1.29, 1.82) is 0 Å². The zero-order chi connectivity index (χ0) is 12.4. The van der Waals surface area contributed by atoms with Gasteiger partial charge in [-0.1, -0.05) is 6.92 Å². The first-order chi connectivity index (χ1) is 8.08. The Balaban J connectivity index is 2.05. The van der Waals surface area contributed by atoms with E-state index in [0.717, 1.165) is 0 Å². The highest BCUT2D eigenvalue weighted by atomic mass is 16.4. The van der Waals surface area contributed by atoms with Crippen molar-refractivity contribution in [3.8, 4) is 0 Å². The maximum Gasteiger partial charge on any atom is 0.307 e. The number of nitrogens with one attached hydrogen (secondary N) is 2. The Labute approximate surface area is 98.4 Å². The summed E-state index contributed by atoms with van der Waals surface area (Å²) in [5.74, 6) is -1.39. The summed E-state index contributed by atoms with van der Waals surface area (Å²) in [5, 5.41) is 18.1. The lowest BCUT2D eigenvalue weighted by molar-refractivity contribution is -0.145. The van der Waals surface area contributed by atoms with Gasteiger partial charge in [-0.05, 0) is 18.8 Å². The summed E-state index contributed by atoms with van der Waals surface area (Å²) in [5.41, 5.74) is 0. The van der Waals surface area contributed by atoms with E-state index in [9.17, 15) is 9.59 Å². The predicted molar refractivity (Wildman–Crippen MR) is 60.2 cm³/mol. The van der Waals surface area contributed by atoms with Crippen molar-refractivity contribution >= 4 is 17.7 Å². The van der Waals surface area contributed by atoms with Crippen LogP contribution < -0.4 is 5.32 Å². The Morgan fingerprint density at radius 2 is 2.18 bits per heavy atom. The first-order valence-corrected chi connectivity index (χ1v) is 5.61. The van der Waals surface area contributed by atoms with Gasteiger partial charge in [-0.15, -0.1) is 0 Å². The Bertz CT molecular complexity index is 416. The molecular weight excluding hydrogens is 222 g/mol. The van der Waals surface area contributed by atoms with Crippen LogP contribution in [0.2, 0.25) is 0 Å². The molecule has 0 bridgehead atoms. The van der Waals surface area contributed by atoms with E-state index < -0.39 is 17.8 Å². The number of aromatic nitrogens is 2. The van der Waals surface area contributed by atoms with Gasteiger partial charge >= 0.3 is 5.97 Å². The highest BCUT2D eigenvalue weighted by Gasteiger charge is 2.41. The van der Waals surface area contributed by atoms with E-state index in [0.29, 0.717) is 18.7 Å². The van der Waals surface area contributed by atoms with Crippen LogP contribution in [0.1, 0.15) is 19.8 Å². The third kappa shape index (κ3) is 2.46. The van der Waals surface area contributed by atoms with Crippen LogP contribution in [0.5, 0.6) is 0 Å². The molecule has 3 unspecified atom stereocenters. The third-order valence-electron chi connectivity index (χ3n) is 3.21. The summed E-state index contributed by atoms with van der Waals surface area (Å²) >= 11 is 0. The van der Waals surface area contributed by atoms with Gasteiger partial charge in [0.25, 0.3) is 0 Å². The number of rotatable bonds is 3. The molecule has 1 aliphatic rings. The predicted octanol–water partition coefficient (Wildman–Crippen LogP) is 1.10. The SMILES string of the molecule is CC1CC(C(=O)O)C(C(=O)Nc2ccn[nH]2)C1. The van der Waals surface area contributed by atoms with Gasteiger partial charge in [0.15, 0.2) is 0 Å². The Morgan fingerprint density at radius 3 is 2.76 bits per heavy atom. The minimum absolute atomic E-state index is 0.244. The van der Waals surface area contributed by atoms with Crippen LogP contribution >= 0.6 is 0 Å². The zero-order valence-electron chi connectivity index (χ0n) is 9.51. The van der Waals surface area contributed by atoms with E-state index in [1.54, 1.807) is 6.07 Å². The fourth-order valence-electron chi connectivity index (χ4n) is 2.41. The fraction of sp³-hybridized carbons (Fsp3) is 0.545. The molecule has 1 fully saturated rings. The van der Waals surface area contributed by atoms with Crippen LogP contribution in [0, 0.1) is 17.8 Å². The van der Waals surface area contributed by atoms with E-state index in [4.69, 9.17) is 5.11 Å². The number of carboxylic acids is 1. The van der Waals surface area contributed by atoms with Crippen molar-refractivity contribution in [3.63, 3.8) is 0 Å². The molecule has 6 heteroatoms. The average molecular weight is 237 g/mol. The molecule has 0 radical (unpaired) electrons. The van der Waals surface area contributed by atoms with Crippen LogP contribution in [0.3, 0.4) is 0 Å². The van der Waals surface area contributed by atoms with Crippen molar-refractivity contribution in [1.82, 2.24) is 10.2 Å². The largest absolute Gasteiger partial charge is 0.481 e. The van der Waals surface area contributed by atoms with Crippen molar-refractivity contribution in [2.75, 3.05) is 5.32 Å². The van der Waals surface area contributed by atoms with Crippen molar-refractivity contribution < 1.29 is 14.7 Å². The van der Waals surface area contributed by atoms with Crippen LogP contribution in [0.4, 0.5) is 5.82 Å². The number of nitrogens with zero attached hydrogens (tertiary/aromatic N) is 1. The van der Waals surface area contributed by atoms with Gasteiger partial charge in [0.2, 0.25) is 5.91 Å². The maximum atomic E-state index is 12.0. The van der Waals surface area contributed by atoms with Gasteiger partial charge in [0, 0.05) is 6.07 Å². The van der Waals surface area contributed by atoms with Crippen molar-refractivity contribution in [3.05, 3.63) is 12.3 Å². The van der Waals surface area contributed by atoms with Crippen molar-refractivity contribution in [2.24, 2.45) is 17.8 Å². The second kappa shape index (κ2) is 4.57. The van der Waals surface area contributed by atoms with Gasteiger partial charge in [0.05, 0.1) is 18.0 Å². The molecule has 1 heterocycles. The number of aromatic amines is 1. The lowest BCUT2D eigenvalue weighted by atomic mass is 9.95. The lowest BCUT2D eigenvalue weighted by Gasteiger charge is -2.14. The highest BCUT2D eigenvalue weighted by molar-refractivity contribution is 5.94. The van der Waals surface area contributed by atoms with E-state index in [2.05, 4.69) is 15.5 Å². The summed E-state index contributed by atoms with van der Waals surface area (Å²) in [7, 11) is 0. The fourth-order valence-corrected chi connectivity index (χ4v) is 2.41. The van der Waals surface area contributed by atoms with Crippen LogP contribution in [-0.2, 0) is 9.59 Å². The molecule has 0 aromatic carbocycles. The van der Waals surface area contributed by atoms with Gasteiger partial charge in [-0.3, -0.25) is 14.7 Å². The summed E-state index contributed by atoms with van der Waals surface area (Å²) < 4.78 is 0. The standard InChI is InChI=1S/C11H15N3O3/c1-6-4-7(8(5-6)11(16)17)10(15)13-9-2-3-12-14-9/h2-3,6-8H,4-5H2,1H3,(H,16,17)(H2,12,13,14,15). The van der Waals surface area contributed by atoms with E-state index in [-0.39, 0.29) is 11.8 Å². The normalized spacial score (nSPS) is 27.9. The number of anilines is 1. The molecule has 0 spiro atoms. The summed E-state index contributed by atoms with van der Waals surface area (Å²) in [6.45, 7) is 1.97. The molecule has 0 saturated heterocycles. The molecule has 6 nitrogen and oxygen atoms in total. The first-order valence-electron chi connectivity index (χ1n) is 5.61. The number of amides is 1. The lowest BCUT2D eigenvalue weighted by Crippen LogP contribution is -2.30. The van der Waals surface area contributed by atoms with E-state index in [1.165, 1.54) is 6.20 Å². The minimum atomic E-state index is -0.890. The topological polar surface area (TPSA) is 95.1 Å². The number of H-pyrrole nitrogens is 1. The van der Waals surface area contributed by atoms with Crippen molar-refractivity contribution in [2.45, 2.75) is 19.8 Å². The Kier molecular flexibility index (Phi) is 3.12. The number of carbonyl (C=O) groups excluding carboxylic acids is 1.